The average Bonchev–Trinajstić information content (AvgIpc) is 2.49. The van der Waals surface area contributed by atoms with Gasteiger partial charge in [-0.3, -0.25) is 4.98 Å². The molecule has 0 saturated heterocycles. The lowest BCUT2D eigenvalue weighted by atomic mass is 10.1. The summed E-state index contributed by atoms with van der Waals surface area (Å²) in [4.78, 5) is 13.1. The van der Waals surface area contributed by atoms with Gasteiger partial charge in [-0.2, -0.15) is 0 Å². The number of aromatic nitrogens is 1. The van der Waals surface area contributed by atoms with E-state index in [4.69, 9.17) is 0 Å². The third kappa shape index (κ3) is 2.07. The summed E-state index contributed by atoms with van der Waals surface area (Å²) >= 11 is 0. The van der Waals surface area contributed by atoms with Gasteiger partial charge >= 0.3 is 11.7 Å². The number of benzene rings is 1. The van der Waals surface area contributed by atoms with Gasteiger partial charge in [0.15, 0.2) is 0 Å². The molecule has 2 rings (SSSR count). The van der Waals surface area contributed by atoms with Crippen molar-refractivity contribution in [1.82, 2.24) is 4.98 Å². The van der Waals surface area contributed by atoms with Crippen LogP contribution in [-0.2, 0) is 6.42 Å². The first kappa shape index (κ1) is 9.51. The summed E-state index contributed by atoms with van der Waals surface area (Å²) in [5.41, 5.74) is 1.05. The predicted molar refractivity (Wildman–Crippen MR) is 50.2 cm³/mol. The minimum Gasteiger partial charge on any atom is -0.479 e. The van der Waals surface area contributed by atoms with Gasteiger partial charge in [-0.25, -0.2) is 9.18 Å². The zero-order valence-electron chi connectivity index (χ0n) is 7.66. The summed E-state index contributed by atoms with van der Waals surface area (Å²) in [5.74, 6) is -1.46. The van der Waals surface area contributed by atoms with Crippen molar-refractivity contribution >= 4 is 0 Å². The van der Waals surface area contributed by atoms with Crippen molar-refractivity contribution in [2.24, 2.45) is 0 Å². The molecule has 0 spiro atoms. The van der Waals surface area contributed by atoms with E-state index in [1.54, 1.807) is 12.1 Å². The van der Waals surface area contributed by atoms with Crippen molar-refractivity contribution in [3.8, 4) is 5.95 Å². The van der Waals surface area contributed by atoms with Crippen molar-refractivity contribution in [2.45, 2.75) is 6.42 Å². The van der Waals surface area contributed by atoms with Crippen LogP contribution in [-0.4, -0.2) is 10.1 Å². The van der Waals surface area contributed by atoms with E-state index in [2.05, 4.69) is 9.40 Å². The largest absolute Gasteiger partial charge is 0.479 e. The number of hydrogen-bond acceptors (Lipinski definition) is 3. The second-order valence-electron chi connectivity index (χ2n) is 3.10. The van der Waals surface area contributed by atoms with E-state index in [-0.39, 0.29) is 17.9 Å². The van der Waals surface area contributed by atoms with Gasteiger partial charge in [-0.1, -0.05) is 12.1 Å². The summed E-state index contributed by atoms with van der Waals surface area (Å²) in [5, 5.41) is 9.18. The van der Waals surface area contributed by atoms with E-state index in [0.29, 0.717) is 0 Å². The number of hydrogen-bond donors (Lipinski definition) is 2. The van der Waals surface area contributed by atoms with Crippen molar-refractivity contribution in [3.63, 3.8) is 0 Å². The molecule has 0 aliphatic carbocycles. The van der Waals surface area contributed by atoms with Gasteiger partial charge in [0.25, 0.3) is 0 Å². The molecule has 0 saturated carbocycles. The molecule has 15 heavy (non-hydrogen) atoms. The molecule has 0 aliphatic heterocycles. The fraction of sp³-hybridized carbons (Fsp3) is 0.100. The molecule has 0 aliphatic rings. The lowest BCUT2D eigenvalue weighted by molar-refractivity contribution is 0.316. The maximum absolute atomic E-state index is 12.6. The molecule has 0 atom stereocenters. The van der Waals surface area contributed by atoms with E-state index >= 15 is 0 Å². The minimum atomic E-state index is -0.704. The maximum atomic E-state index is 12.6. The topological polar surface area (TPSA) is 66.2 Å². The highest BCUT2D eigenvalue weighted by atomic mass is 19.1. The van der Waals surface area contributed by atoms with Gasteiger partial charge < -0.3 is 9.52 Å². The molecule has 4 nitrogen and oxygen atoms in total. The fourth-order valence-corrected chi connectivity index (χ4v) is 1.28. The zero-order valence-corrected chi connectivity index (χ0v) is 7.66. The molecule has 0 unspecified atom stereocenters. The van der Waals surface area contributed by atoms with E-state index in [1.165, 1.54) is 12.1 Å². The molecular weight excluding hydrogens is 201 g/mol. The lowest BCUT2D eigenvalue weighted by Gasteiger charge is -1.97. The quantitative estimate of drug-likeness (QED) is 0.785. The summed E-state index contributed by atoms with van der Waals surface area (Å²) in [6.45, 7) is 0. The molecule has 0 bridgehead atoms. The Bertz CT molecular complexity index is 512. The Morgan fingerprint density at radius 1 is 1.33 bits per heavy atom. The number of rotatable bonds is 2. The smallest absolute Gasteiger partial charge is 0.419 e. The molecule has 2 aromatic rings. The Balaban J connectivity index is 2.25. The van der Waals surface area contributed by atoms with Crippen LogP contribution in [0.4, 0.5) is 4.39 Å². The number of halogens is 1. The zero-order chi connectivity index (χ0) is 10.8. The lowest BCUT2D eigenvalue weighted by Crippen LogP contribution is -1.97. The first-order chi connectivity index (χ1) is 7.15. The van der Waals surface area contributed by atoms with Gasteiger partial charge in [0.05, 0.1) is 0 Å². The van der Waals surface area contributed by atoms with Crippen LogP contribution >= 0.6 is 0 Å². The van der Waals surface area contributed by atoms with Gasteiger partial charge in [-0.15, -0.1) is 0 Å². The highest BCUT2D eigenvalue weighted by Crippen LogP contribution is 2.16. The number of aromatic hydroxyl groups is 1. The van der Waals surface area contributed by atoms with Gasteiger partial charge in [0, 0.05) is 6.42 Å². The highest BCUT2D eigenvalue weighted by Gasteiger charge is 2.08. The second kappa shape index (κ2) is 3.61. The Kier molecular flexibility index (Phi) is 2.29. The summed E-state index contributed by atoms with van der Waals surface area (Å²) < 4.78 is 17.0. The molecule has 0 fully saturated rings. The Hall–Kier alpha value is -2.04. The molecular formula is C10H8FNO3. The monoisotopic (exact) mass is 209 g/mol. The Labute approximate surface area is 84.0 Å². The minimum absolute atomic E-state index is 0.284. The van der Waals surface area contributed by atoms with Crippen LogP contribution in [0.5, 0.6) is 5.95 Å². The first-order valence-electron chi connectivity index (χ1n) is 4.30. The van der Waals surface area contributed by atoms with Crippen LogP contribution in [0.3, 0.4) is 0 Å². The third-order valence-electron chi connectivity index (χ3n) is 1.99. The summed E-state index contributed by atoms with van der Waals surface area (Å²) in [7, 11) is 0. The van der Waals surface area contributed by atoms with E-state index in [9.17, 15) is 14.3 Å². The maximum Gasteiger partial charge on any atom is 0.419 e. The standard InChI is InChI=1S/C10H8FNO3/c11-7-3-1-6(2-4-7)5-8-9(13)15-10(14)12-8/h1-4,13H,5H2,(H,12,14). The molecule has 0 radical (unpaired) electrons. The van der Waals surface area contributed by atoms with Crippen molar-refractivity contribution in [2.75, 3.05) is 0 Å². The third-order valence-corrected chi connectivity index (χ3v) is 1.99. The van der Waals surface area contributed by atoms with Crippen molar-refractivity contribution in [3.05, 3.63) is 51.9 Å². The number of aromatic amines is 1. The van der Waals surface area contributed by atoms with Gasteiger partial charge in [0.1, 0.15) is 11.5 Å². The highest BCUT2D eigenvalue weighted by molar-refractivity contribution is 5.25. The van der Waals surface area contributed by atoms with Crippen LogP contribution in [0.1, 0.15) is 11.3 Å². The first-order valence-corrected chi connectivity index (χ1v) is 4.30. The average molecular weight is 209 g/mol. The number of oxazole rings is 1. The molecule has 1 aromatic carbocycles. The van der Waals surface area contributed by atoms with Crippen LogP contribution < -0.4 is 5.76 Å². The fourth-order valence-electron chi connectivity index (χ4n) is 1.28. The predicted octanol–water partition coefficient (Wildman–Crippen LogP) is 1.40. The summed E-state index contributed by atoms with van der Waals surface area (Å²) in [6, 6.07) is 5.76. The Morgan fingerprint density at radius 3 is 2.53 bits per heavy atom. The van der Waals surface area contributed by atoms with Crippen LogP contribution in [0, 0.1) is 5.82 Å². The van der Waals surface area contributed by atoms with E-state index in [0.717, 1.165) is 5.56 Å². The van der Waals surface area contributed by atoms with Gasteiger partial charge in [-0.05, 0) is 17.7 Å². The number of H-pyrrole nitrogens is 1. The molecule has 5 heteroatoms. The van der Waals surface area contributed by atoms with Crippen molar-refractivity contribution in [1.29, 1.82) is 0 Å². The van der Waals surface area contributed by atoms with Crippen LogP contribution in [0.2, 0.25) is 0 Å². The molecule has 1 aromatic heterocycles. The SMILES string of the molecule is O=c1[nH]c(Cc2ccc(F)cc2)c(O)o1. The normalized spacial score (nSPS) is 10.5. The molecule has 78 valence electrons. The van der Waals surface area contributed by atoms with Crippen LogP contribution in [0.25, 0.3) is 0 Å². The molecule has 2 N–H and O–H groups in total. The summed E-state index contributed by atoms with van der Waals surface area (Å²) in [6.07, 6.45) is 0.290. The second-order valence-corrected chi connectivity index (χ2v) is 3.10. The van der Waals surface area contributed by atoms with E-state index in [1.807, 2.05) is 0 Å². The number of nitrogens with one attached hydrogen (secondary N) is 1. The Morgan fingerprint density at radius 2 is 2.00 bits per heavy atom. The van der Waals surface area contributed by atoms with Gasteiger partial charge in [0.2, 0.25) is 0 Å². The van der Waals surface area contributed by atoms with Crippen LogP contribution in [0.15, 0.2) is 33.5 Å². The van der Waals surface area contributed by atoms with E-state index < -0.39 is 11.7 Å². The molecule has 1 heterocycles. The van der Waals surface area contributed by atoms with Crippen molar-refractivity contribution < 1.29 is 13.9 Å². The molecule has 0 amide bonds.